The van der Waals surface area contributed by atoms with Crippen LogP contribution in [0.15, 0.2) is 84.3 Å². The van der Waals surface area contributed by atoms with Crippen molar-refractivity contribution in [2.75, 3.05) is 0 Å². The van der Waals surface area contributed by atoms with Crippen LogP contribution in [0.1, 0.15) is 47.8 Å². The van der Waals surface area contributed by atoms with Gasteiger partial charge in [-0.1, -0.05) is 68.4 Å². The van der Waals surface area contributed by atoms with Crippen molar-refractivity contribution in [1.82, 2.24) is 4.98 Å². The van der Waals surface area contributed by atoms with E-state index in [9.17, 15) is 4.79 Å². The predicted molar refractivity (Wildman–Crippen MR) is 107 cm³/mol. The minimum atomic E-state index is -0.488. The van der Waals surface area contributed by atoms with Gasteiger partial charge in [0.2, 0.25) is 0 Å². The smallest absolute Gasteiger partial charge is 0.312 e. The average Bonchev–Trinajstić information content (AvgIpc) is 2.69. The van der Waals surface area contributed by atoms with Gasteiger partial charge < -0.3 is 4.84 Å². The number of pyridine rings is 1. The van der Waals surface area contributed by atoms with Crippen LogP contribution in [0.25, 0.3) is 0 Å². The lowest BCUT2D eigenvalue weighted by atomic mass is 9.87. The van der Waals surface area contributed by atoms with Gasteiger partial charge in [0.05, 0.1) is 5.56 Å². The molecule has 0 atom stereocenters. The standard InChI is InChI=1S/C23H22N2O2/c1-23(2,3)20-11-9-19(10-12-20)22(26)27-25-21(17-7-5-4-6-8-17)18-13-15-24-16-14-18/h4-16H,1-3H3/b25-21+. The second kappa shape index (κ2) is 7.96. The van der Waals surface area contributed by atoms with Crippen molar-refractivity contribution in [2.24, 2.45) is 5.16 Å². The van der Waals surface area contributed by atoms with Gasteiger partial charge in [-0.15, -0.1) is 0 Å². The molecular formula is C23H22N2O2. The molecule has 3 aromatic rings. The lowest BCUT2D eigenvalue weighted by Crippen LogP contribution is -2.12. The molecule has 0 fully saturated rings. The Balaban J connectivity index is 1.85. The van der Waals surface area contributed by atoms with Crippen LogP contribution in [0.5, 0.6) is 0 Å². The minimum Gasteiger partial charge on any atom is -0.312 e. The van der Waals surface area contributed by atoms with E-state index in [0.717, 1.165) is 16.7 Å². The monoisotopic (exact) mass is 358 g/mol. The van der Waals surface area contributed by atoms with E-state index in [1.54, 1.807) is 24.5 Å². The van der Waals surface area contributed by atoms with Crippen molar-refractivity contribution in [2.45, 2.75) is 26.2 Å². The van der Waals surface area contributed by atoms with E-state index in [-0.39, 0.29) is 5.41 Å². The molecule has 0 aliphatic carbocycles. The molecule has 2 aromatic carbocycles. The minimum absolute atomic E-state index is 0.0302. The number of hydrogen-bond donors (Lipinski definition) is 0. The molecule has 1 heterocycles. The number of benzene rings is 2. The Labute approximate surface area is 159 Å². The van der Waals surface area contributed by atoms with Gasteiger partial charge in [0.25, 0.3) is 0 Å². The normalized spacial score (nSPS) is 11.9. The fourth-order valence-electron chi connectivity index (χ4n) is 2.62. The summed E-state index contributed by atoms with van der Waals surface area (Å²) < 4.78 is 0. The molecule has 0 aliphatic heterocycles. The van der Waals surface area contributed by atoms with Crippen molar-refractivity contribution < 1.29 is 9.63 Å². The highest BCUT2D eigenvalue weighted by Gasteiger charge is 2.15. The van der Waals surface area contributed by atoms with E-state index >= 15 is 0 Å². The molecule has 136 valence electrons. The van der Waals surface area contributed by atoms with E-state index in [4.69, 9.17) is 4.84 Å². The summed E-state index contributed by atoms with van der Waals surface area (Å²) in [6.07, 6.45) is 3.36. The van der Waals surface area contributed by atoms with Crippen LogP contribution in [0.3, 0.4) is 0 Å². The number of aromatic nitrogens is 1. The van der Waals surface area contributed by atoms with Crippen molar-refractivity contribution in [3.8, 4) is 0 Å². The van der Waals surface area contributed by atoms with Crippen molar-refractivity contribution in [1.29, 1.82) is 0 Å². The largest absolute Gasteiger partial charge is 0.365 e. The van der Waals surface area contributed by atoms with E-state index in [1.165, 1.54) is 0 Å². The Morgan fingerprint density at radius 1 is 0.815 bits per heavy atom. The summed E-state index contributed by atoms with van der Waals surface area (Å²) in [5, 5.41) is 4.15. The SMILES string of the molecule is CC(C)(C)c1ccc(C(=O)O/N=C(\c2ccccc2)c2ccncc2)cc1. The zero-order valence-electron chi connectivity index (χ0n) is 15.7. The molecule has 0 N–H and O–H groups in total. The lowest BCUT2D eigenvalue weighted by Gasteiger charge is -2.18. The van der Waals surface area contributed by atoms with Gasteiger partial charge in [-0.05, 0) is 35.2 Å². The average molecular weight is 358 g/mol. The van der Waals surface area contributed by atoms with Gasteiger partial charge >= 0.3 is 5.97 Å². The summed E-state index contributed by atoms with van der Waals surface area (Å²) >= 11 is 0. The summed E-state index contributed by atoms with van der Waals surface area (Å²) in [6.45, 7) is 6.39. The van der Waals surface area contributed by atoms with Gasteiger partial charge in [0, 0.05) is 23.5 Å². The Morgan fingerprint density at radius 2 is 1.41 bits per heavy atom. The van der Waals surface area contributed by atoms with E-state index < -0.39 is 5.97 Å². The number of oxime groups is 1. The number of rotatable bonds is 4. The molecule has 27 heavy (non-hydrogen) atoms. The Bertz CT molecular complexity index is 884. The highest BCUT2D eigenvalue weighted by atomic mass is 16.7. The highest BCUT2D eigenvalue weighted by molar-refractivity contribution is 6.12. The predicted octanol–water partition coefficient (Wildman–Crippen LogP) is 4.99. The van der Waals surface area contributed by atoms with Crippen LogP contribution in [-0.2, 0) is 10.3 Å². The molecule has 0 bridgehead atoms. The maximum atomic E-state index is 12.4. The van der Waals surface area contributed by atoms with Crippen LogP contribution in [0.2, 0.25) is 0 Å². The van der Waals surface area contributed by atoms with E-state index in [0.29, 0.717) is 11.3 Å². The van der Waals surface area contributed by atoms with Gasteiger partial charge in [-0.2, -0.15) is 0 Å². The van der Waals surface area contributed by atoms with E-state index in [2.05, 4.69) is 30.9 Å². The molecule has 0 radical (unpaired) electrons. The molecule has 0 saturated heterocycles. The fourth-order valence-corrected chi connectivity index (χ4v) is 2.62. The topological polar surface area (TPSA) is 51.5 Å². The maximum absolute atomic E-state index is 12.4. The Morgan fingerprint density at radius 3 is 2.00 bits per heavy atom. The second-order valence-electron chi connectivity index (χ2n) is 7.25. The van der Waals surface area contributed by atoms with Crippen LogP contribution in [0.4, 0.5) is 0 Å². The highest BCUT2D eigenvalue weighted by Crippen LogP contribution is 2.22. The van der Waals surface area contributed by atoms with Gasteiger partial charge in [-0.25, -0.2) is 4.79 Å². The summed E-state index contributed by atoms with van der Waals surface area (Å²) in [5.41, 5.74) is 3.92. The molecule has 4 nitrogen and oxygen atoms in total. The molecular weight excluding hydrogens is 336 g/mol. The lowest BCUT2D eigenvalue weighted by molar-refractivity contribution is 0.0517. The number of carbonyl (C=O) groups excluding carboxylic acids is 1. The quantitative estimate of drug-likeness (QED) is 0.375. The summed E-state index contributed by atoms with van der Waals surface area (Å²) in [7, 11) is 0. The number of hydrogen-bond acceptors (Lipinski definition) is 4. The zero-order chi connectivity index (χ0) is 19.3. The third-order valence-corrected chi connectivity index (χ3v) is 4.21. The maximum Gasteiger partial charge on any atom is 0.365 e. The van der Waals surface area contributed by atoms with Crippen molar-refractivity contribution >= 4 is 11.7 Å². The molecule has 0 unspecified atom stereocenters. The fraction of sp³-hybridized carbons (Fsp3) is 0.174. The zero-order valence-corrected chi connectivity index (χ0v) is 15.7. The van der Waals surface area contributed by atoms with Crippen LogP contribution in [0, 0.1) is 0 Å². The summed E-state index contributed by atoms with van der Waals surface area (Å²) in [6, 6.07) is 20.7. The molecule has 0 amide bonds. The van der Waals surface area contributed by atoms with Gasteiger partial charge in [0.1, 0.15) is 5.71 Å². The van der Waals surface area contributed by atoms with Gasteiger partial charge in [-0.3, -0.25) is 4.98 Å². The van der Waals surface area contributed by atoms with Crippen LogP contribution in [-0.4, -0.2) is 16.7 Å². The number of carbonyl (C=O) groups is 1. The van der Waals surface area contributed by atoms with Crippen molar-refractivity contribution in [3.05, 3.63) is 101 Å². The second-order valence-corrected chi connectivity index (χ2v) is 7.25. The van der Waals surface area contributed by atoms with Crippen molar-refractivity contribution in [3.63, 3.8) is 0 Å². The molecule has 4 heteroatoms. The Hall–Kier alpha value is -3.27. The first kappa shape index (κ1) is 18.5. The third-order valence-electron chi connectivity index (χ3n) is 4.21. The molecule has 0 spiro atoms. The van der Waals surface area contributed by atoms with Gasteiger partial charge in [0.15, 0.2) is 0 Å². The number of nitrogens with zero attached hydrogens (tertiary/aromatic N) is 2. The summed E-state index contributed by atoms with van der Waals surface area (Å²) in [5.74, 6) is -0.488. The van der Waals surface area contributed by atoms with Crippen LogP contribution < -0.4 is 0 Å². The summed E-state index contributed by atoms with van der Waals surface area (Å²) in [4.78, 5) is 21.7. The molecule has 1 aromatic heterocycles. The molecule has 3 rings (SSSR count). The van der Waals surface area contributed by atoms with E-state index in [1.807, 2.05) is 54.6 Å². The van der Waals surface area contributed by atoms with Crippen LogP contribution >= 0.6 is 0 Å². The third kappa shape index (κ3) is 4.67. The Kier molecular flexibility index (Phi) is 5.46. The molecule has 0 aliphatic rings. The first-order chi connectivity index (χ1) is 12.9. The molecule has 0 saturated carbocycles. The first-order valence-electron chi connectivity index (χ1n) is 8.81. The first-order valence-corrected chi connectivity index (χ1v) is 8.81.